The first-order valence-corrected chi connectivity index (χ1v) is 7.79. The van der Waals surface area contributed by atoms with Gasteiger partial charge in [-0.1, -0.05) is 0 Å². The monoisotopic (exact) mass is 308 g/mol. The molecule has 0 unspecified atom stereocenters. The summed E-state index contributed by atoms with van der Waals surface area (Å²) in [5.41, 5.74) is 1.99. The molecule has 7 heteroatoms. The Morgan fingerprint density at radius 1 is 1.52 bits per heavy atom. The molecule has 2 amide bonds. The highest BCUT2D eigenvalue weighted by molar-refractivity contribution is 7.07. The van der Waals surface area contributed by atoms with Gasteiger partial charge in [-0.05, 0) is 40.8 Å². The van der Waals surface area contributed by atoms with Crippen LogP contribution in [0.15, 0.2) is 29.2 Å². The lowest BCUT2D eigenvalue weighted by Crippen LogP contribution is -2.38. The molecule has 0 saturated carbocycles. The summed E-state index contributed by atoms with van der Waals surface area (Å²) in [7, 11) is 1.88. The number of hydrogen-bond donors (Lipinski definition) is 3. The third-order valence-electron chi connectivity index (χ3n) is 3.07. The Kier molecular flexibility index (Phi) is 5.77. The highest BCUT2D eigenvalue weighted by atomic mass is 32.1. The van der Waals surface area contributed by atoms with Gasteiger partial charge in [-0.25, -0.2) is 4.79 Å². The van der Waals surface area contributed by atoms with Crippen LogP contribution in [0, 0.1) is 0 Å². The SMILES string of the molecule is Cn1cc(CCCNC(=O)NC[C@@H](O)c2ccsc2)cn1. The van der Waals surface area contributed by atoms with Crippen LogP contribution in [0.3, 0.4) is 0 Å². The number of aromatic nitrogens is 2. The number of nitrogens with zero attached hydrogens (tertiary/aromatic N) is 2. The summed E-state index contributed by atoms with van der Waals surface area (Å²) >= 11 is 1.52. The summed E-state index contributed by atoms with van der Waals surface area (Å²) < 4.78 is 1.77. The topological polar surface area (TPSA) is 79.2 Å². The van der Waals surface area contributed by atoms with Crippen LogP contribution in [-0.4, -0.2) is 34.0 Å². The van der Waals surface area contributed by atoms with Crippen molar-refractivity contribution in [2.24, 2.45) is 7.05 Å². The quantitative estimate of drug-likeness (QED) is 0.677. The summed E-state index contributed by atoms with van der Waals surface area (Å²) in [6, 6.07) is 1.60. The van der Waals surface area contributed by atoms with Crippen molar-refractivity contribution in [1.82, 2.24) is 20.4 Å². The van der Waals surface area contributed by atoms with Gasteiger partial charge in [0.2, 0.25) is 0 Å². The maximum Gasteiger partial charge on any atom is 0.314 e. The second kappa shape index (κ2) is 7.80. The zero-order valence-electron chi connectivity index (χ0n) is 12.0. The van der Waals surface area contributed by atoms with Crippen molar-refractivity contribution in [2.45, 2.75) is 18.9 Å². The molecule has 2 rings (SSSR count). The van der Waals surface area contributed by atoms with Gasteiger partial charge < -0.3 is 15.7 Å². The number of carbonyl (C=O) groups is 1. The van der Waals surface area contributed by atoms with Crippen LogP contribution in [0.25, 0.3) is 0 Å². The van der Waals surface area contributed by atoms with Gasteiger partial charge >= 0.3 is 6.03 Å². The van der Waals surface area contributed by atoms with E-state index in [9.17, 15) is 9.90 Å². The largest absolute Gasteiger partial charge is 0.387 e. The molecule has 1 atom stereocenters. The van der Waals surface area contributed by atoms with Gasteiger partial charge in [0.25, 0.3) is 0 Å². The van der Waals surface area contributed by atoms with E-state index in [2.05, 4.69) is 15.7 Å². The van der Waals surface area contributed by atoms with E-state index in [1.54, 1.807) is 4.68 Å². The molecule has 0 aliphatic carbocycles. The van der Waals surface area contributed by atoms with E-state index in [0.29, 0.717) is 6.54 Å². The number of rotatable bonds is 7. The van der Waals surface area contributed by atoms with Crippen molar-refractivity contribution in [3.63, 3.8) is 0 Å². The van der Waals surface area contributed by atoms with E-state index < -0.39 is 6.10 Å². The number of aryl methyl sites for hydroxylation is 2. The average molecular weight is 308 g/mol. The molecule has 0 aromatic carbocycles. The maximum absolute atomic E-state index is 11.6. The summed E-state index contributed by atoms with van der Waals surface area (Å²) in [6.45, 7) is 0.806. The number of urea groups is 1. The minimum Gasteiger partial charge on any atom is -0.387 e. The van der Waals surface area contributed by atoms with Crippen LogP contribution in [0.5, 0.6) is 0 Å². The minimum absolute atomic E-state index is 0.213. The number of carbonyl (C=O) groups excluding carboxylic acids is 1. The van der Waals surface area contributed by atoms with Crippen LogP contribution >= 0.6 is 11.3 Å². The lowest BCUT2D eigenvalue weighted by molar-refractivity contribution is 0.173. The molecule has 0 aliphatic heterocycles. The Bertz CT molecular complexity index is 553. The molecule has 114 valence electrons. The zero-order chi connectivity index (χ0) is 15.1. The summed E-state index contributed by atoms with van der Waals surface area (Å²) in [5.74, 6) is 0. The van der Waals surface area contributed by atoms with Gasteiger partial charge in [0.15, 0.2) is 0 Å². The van der Waals surface area contributed by atoms with Crippen molar-refractivity contribution in [3.05, 3.63) is 40.3 Å². The van der Waals surface area contributed by atoms with Gasteiger partial charge in [-0.15, -0.1) is 0 Å². The molecule has 3 N–H and O–H groups in total. The van der Waals surface area contributed by atoms with Crippen LogP contribution < -0.4 is 10.6 Å². The molecule has 0 fully saturated rings. The number of aliphatic hydroxyl groups excluding tert-OH is 1. The maximum atomic E-state index is 11.6. The number of amides is 2. The van der Waals surface area contributed by atoms with Crippen molar-refractivity contribution in [2.75, 3.05) is 13.1 Å². The highest BCUT2D eigenvalue weighted by Crippen LogP contribution is 2.14. The fraction of sp³-hybridized carbons (Fsp3) is 0.429. The molecule has 6 nitrogen and oxygen atoms in total. The van der Waals surface area contributed by atoms with Gasteiger partial charge in [0.05, 0.1) is 12.3 Å². The van der Waals surface area contributed by atoms with Crippen LogP contribution in [0.2, 0.25) is 0 Å². The fourth-order valence-corrected chi connectivity index (χ4v) is 2.64. The molecule has 0 radical (unpaired) electrons. The fourth-order valence-electron chi connectivity index (χ4n) is 1.93. The molecule has 0 bridgehead atoms. The van der Waals surface area contributed by atoms with E-state index in [1.807, 2.05) is 36.3 Å². The first-order valence-electron chi connectivity index (χ1n) is 6.84. The molecular weight excluding hydrogens is 288 g/mol. The Morgan fingerprint density at radius 3 is 3.05 bits per heavy atom. The van der Waals surface area contributed by atoms with E-state index in [0.717, 1.165) is 24.0 Å². The molecule has 0 spiro atoms. The Labute approximate surface area is 127 Å². The Hall–Kier alpha value is -1.86. The van der Waals surface area contributed by atoms with Crippen LogP contribution in [0.4, 0.5) is 4.79 Å². The smallest absolute Gasteiger partial charge is 0.314 e. The van der Waals surface area contributed by atoms with Crippen LogP contribution in [-0.2, 0) is 13.5 Å². The van der Waals surface area contributed by atoms with Crippen molar-refractivity contribution in [3.8, 4) is 0 Å². The number of thiophene rings is 1. The minimum atomic E-state index is -0.655. The second-order valence-corrected chi connectivity index (χ2v) is 5.62. The summed E-state index contributed by atoms with van der Waals surface area (Å²) in [6.07, 6.45) is 4.88. The number of aliphatic hydroxyl groups is 1. The van der Waals surface area contributed by atoms with E-state index >= 15 is 0 Å². The van der Waals surface area contributed by atoms with E-state index in [1.165, 1.54) is 11.3 Å². The molecule has 0 saturated heterocycles. The third kappa shape index (κ3) is 5.20. The van der Waals surface area contributed by atoms with Crippen LogP contribution in [0.1, 0.15) is 23.7 Å². The zero-order valence-corrected chi connectivity index (χ0v) is 12.8. The standard InChI is InChI=1S/C14H20N4O2S/c1-18-9-11(7-17-18)3-2-5-15-14(20)16-8-13(19)12-4-6-21-10-12/h4,6-7,9-10,13,19H,2-3,5,8H2,1H3,(H2,15,16,20)/t13-/m1/s1. The van der Waals surface area contributed by atoms with E-state index in [-0.39, 0.29) is 12.6 Å². The predicted octanol–water partition coefficient (Wildman–Crippen LogP) is 1.45. The first-order chi connectivity index (χ1) is 10.1. The number of hydrogen-bond acceptors (Lipinski definition) is 4. The summed E-state index contributed by atoms with van der Waals surface area (Å²) in [4.78, 5) is 11.6. The number of nitrogens with one attached hydrogen (secondary N) is 2. The molecule has 2 aromatic rings. The van der Waals surface area contributed by atoms with Crippen molar-refractivity contribution >= 4 is 17.4 Å². The Morgan fingerprint density at radius 2 is 2.38 bits per heavy atom. The van der Waals surface area contributed by atoms with Gasteiger partial charge in [0, 0.05) is 26.3 Å². The molecule has 0 aliphatic rings. The van der Waals surface area contributed by atoms with Gasteiger partial charge in [-0.3, -0.25) is 4.68 Å². The second-order valence-electron chi connectivity index (χ2n) is 4.84. The van der Waals surface area contributed by atoms with Crippen molar-refractivity contribution < 1.29 is 9.90 Å². The molecule has 2 heterocycles. The summed E-state index contributed by atoms with van der Waals surface area (Å²) in [5, 5.41) is 23.1. The van der Waals surface area contributed by atoms with E-state index in [4.69, 9.17) is 0 Å². The molecule has 21 heavy (non-hydrogen) atoms. The third-order valence-corrected chi connectivity index (χ3v) is 3.77. The first kappa shape index (κ1) is 15.5. The normalized spacial score (nSPS) is 12.1. The lowest BCUT2D eigenvalue weighted by Gasteiger charge is -2.11. The Balaban J connectivity index is 1.57. The molecular formula is C14H20N4O2S. The average Bonchev–Trinajstić information content (AvgIpc) is 3.12. The van der Waals surface area contributed by atoms with Crippen molar-refractivity contribution in [1.29, 1.82) is 0 Å². The van der Waals surface area contributed by atoms with Gasteiger partial charge in [0.1, 0.15) is 0 Å². The molecule has 2 aromatic heterocycles. The van der Waals surface area contributed by atoms with Gasteiger partial charge in [-0.2, -0.15) is 16.4 Å². The predicted molar refractivity (Wildman–Crippen MR) is 82.2 cm³/mol. The lowest BCUT2D eigenvalue weighted by atomic mass is 10.2. The highest BCUT2D eigenvalue weighted by Gasteiger charge is 2.09.